The second kappa shape index (κ2) is 15.1. The monoisotopic (exact) mass is 636 g/mol. The number of hydrogen-bond donors (Lipinski definition) is 4. The predicted molar refractivity (Wildman–Crippen MR) is 166 cm³/mol. The molecule has 240 valence electrons. The highest BCUT2D eigenvalue weighted by atomic mass is 35.5. The lowest BCUT2D eigenvalue weighted by Gasteiger charge is -2.33. The van der Waals surface area contributed by atoms with Crippen molar-refractivity contribution in [2.24, 2.45) is 11.8 Å². The molecule has 44 heavy (non-hydrogen) atoms. The molecule has 13 heteroatoms. The van der Waals surface area contributed by atoms with Crippen molar-refractivity contribution in [3.63, 3.8) is 0 Å². The molecule has 4 rings (SSSR count). The average molecular weight is 637 g/mol. The van der Waals surface area contributed by atoms with E-state index >= 15 is 0 Å². The van der Waals surface area contributed by atoms with E-state index < -0.39 is 30.1 Å². The first-order valence-electron chi connectivity index (χ1n) is 14.9. The van der Waals surface area contributed by atoms with Crippen LogP contribution in [0.4, 0.5) is 30.2 Å². The Bertz CT molecular complexity index is 1340. The second-order valence-corrected chi connectivity index (χ2v) is 11.8. The van der Waals surface area contributed by atoms with Crippen molar-refractivity contribution < 1.29 is 27.4 Å². The zero-order chi connectivity index (χ0) is 31.9. The van der Waals surface area contributed by atoms with E-state index in [-0.39, 0.29) is 31.9 Å². The van der Waals surface area contributed by atoms with Crippen molar-refractivity contribution in [1.82, 2.24) is 10.2 Å². The number of nitrogens with one attached hydrogen (secondary N) is 4. The summed E-state index contributed by atoms with van der Waals surface area (Å²) in [5, 5.41) is 23.0. The van der Waals surface area contributed by atoms with Crippen LogP contribution in [0.2, 0.25) is 5.02 Å². The first kappa shape index (κ1) is 33.5. The molecule has 0 aromatic heterocycles. The third-order valence-electron chi connectivity index (χ3n) is 7.80. The van der Waals surface area contributed by atoms with Gasteiger partial charge in [-0.1, -0.05) is 11.6 Å². The van der Waals surface area contributed by atoms with Crippen molar-refractivity contribution >= 4 is 34.6 Å². The number of fused-ring (bicyclic) bond motifs is 1. The van der Waals surface area contributed by atoms with Crippen molar-refractivity contribution in [2.45, 2.75) is 50.9 Å². The number of carbonyl (C=O) groups excluding carboxylic acids is 1. The molecule has 2 aliphatic rings. The molecule has 1 fully saturated rings. The van der Waals surface area contributed by atoms with E-state index in [4.69, 9.17) is 21.1 Å². The maximum atomic E-state index is 13.2. The lowest BCUT2D eigenvalue weighted by molar-refractivity contribution is -0.183. The highest BCUT2D eigenvalue weighted by Gasteiger charge is 2.42. The van der Waals surface area contributed by atoms with Crippen LogP contribution in [-0.2, 0) is 4.79 Å². The summed E-state index contributed by atoms with van der Waals surface area (Å²) in [6, 6.07) is 10.2. The summed E-state index contributed by atoms with van der Waals surface area (Å²) in [4.78, 5) is 14.8. The zero-order valence-electron chi connectivity index (χ0n) is 25.2. The SMILES string of the molecule is CCOc1cc2c(cc1NC(=O)CCCN(C)C)C(Nc1ccc(OCC3CC(C(F)(F)F)CCN3)c(Cl)c1)C(C#N)CN2. The zero-order valence-corrected chi connectivity index (χ0v) is 25.9. The number of carbonyl (C=O) groups is 1. The Hall–Kier alpha value is -3.40. The lowest BCUT2D eigenvalue weighted by Crippen LogP contribution is -2.45. The molecule has 4 N–H and O–H groups in total. The average Bonchev–Trinajstić information content (AvgIpc) is 2.97. The van der Waals surface area contributed by atoms with Gasteiger partial charge in [-0.2, -0.15) is 18.4 Å². The Morgan fingerprint density at radius 2 is 2.00 bits per heavy atom. The summed E-state index contributed by atoms with van der Waals surface area (Å²) >= 11 is 6.53. The molecule has 4 unspecified atom stereocenters. The molecule has 2 heterocycles. The van der Waals surface area contributed by atoms with Crippen LogP contribution in [0.3, 0.4) is 0 Å². The van der Waals surface area contributed by atoms with E-state index in [1.165, 1.54) is 0 Å². The molecular formula is C31H40ClF3N6O3. The van der Waals surface area contributed by atoms with Gasteiger partial charge in [0, 0.05) is 42.0 Å². The molecule has 2 aliphatic heterocycles. The molecule has 0 bridgehead atoms. The smallest absolute Gasteiger partial charge is 0.391 e. The summed E-state index contributed by atoms with van der Waals surface area (Å²) in [7, 11) is 3.91. The fraction of sp³-hybridized carbons (Fsp3) is 0.548. The van der Waals surface area contributed by atoms with Gasteiger partial charge >= 0.3 is 6.18 Å². The third-order valence-corrected chi connectivity index (χ3v) is 8.10. The van der Waals surface area contributed by atoms with Crippen LogP contribution in [0.25, 0.3) is 0 Å². The number of piperidine rings is 1. The van der Waals surface area contributed by atoms with Gasteiger partial charge in [0.2, 0.25) is 5.91 Å². The van der Waals surface area contributed by atoms with Crippen molar-refractivity contribution in [1.29, 1.82) is 5.26 Å². The molecule has 1 saturated heterocycles. The van der Waals surface area contributed by atoms with Crippen LogP contribution in [0, 0.1) is 23.2 Å². The summed E-state index contributed by atoms with van der Waals surface area (Å²) in [6.45, 7) is 3.80. The molecule has 4 atom stereocenters. The van der Waals surface area contributed by atoms with Gasteiger partial charge in [-0.15, -0.1) is 0 Å². The topological polar surface area (TPSA) is 111 Å². The van der Waals surface area contributed by atoms with Crippen LogP contribution in [0.1, 0.15) is 44.2 Å². The molecular weight excluding hydrogens is 597 g/mol. The summed E-state index contributed by atoms with van der Waals surface area (Å²) < 4.78 is 51.2. The summed E-state index contributed by atoms with van der Waals surface area (Å²) in [5.41, 5.74) is 2.73. The van der Waals surface area contributed by atoms with Gasteiger partial charge in [-0.05, 0) is 77.6 Å². The van der Waals surface area contributed by atoms with E-state index in [9.17, 15) is 23.2 Å². The van der Waals surface area contributed by atoms with Crippen LogP contribution in [0.15, 0.2) is 30.3 Å². The fourth-order valence-electron chi connectivity index (χ4n) is 5.51. The number of ether oxygens (including phenoxy) is 2. The van der Waals surface area contributed by atoms with Gasteiger partial charge in [0.1, 0.15) is 18.1 Å². The Morgan fingerprint density at radius 3 is 2.68 bits per heavy atom. The fourth-order valence-corrected chi connectivity index (χ4v) is 5.74. The number of benzene rings is 2. The van der Waals surface area contributed by atoms with Crippen molar-refractivity contribution in [3.05, 3.63) is 40.9 Å². The maximum absolute atomic E-state index is 13.2. The van der Waals surface area contributed by atoms with Crippen molar-refractivity contribution in [3.8, 4) is 17.6 Å². The lowest BCUT2D eigenvalue weighted by atomic mass is 9.88. The Balaban J connectivity index is 1.49. The minimum Gasteiger partial charge on any atom is -0.492 e. The number of nitrogens with zero attached hydrogens (tertiary/aromatic N) is 2. The number of nitriles is 1. The second-order valence-electron chi connectivity index (χ2n) is 11.4. The number of amides is 1. The minimum atomic E-state index is -4.22. The Morgan fingerprint density at radius 1 is 1.20 bits per heavy atom. The first-order valence-corrected chi connectivity index (χ1v) is 15.2. The van der Waals surface area contributed by atoms with Crippen molar-refractivity contribution in [2.75, 3.05) is 62.9 Å². The quantitative estimate of drug-likeness (QED) is 0.223. The van der Waals surface area contributed by atoms with E-state index in [1.54, 1.807) is 18.2 Å². The molecule has 9 nitrogen and oxygen atoms in total. The van der Waals surface area contributed by atoms with Gasteiger partial charge in [-0.3, -0.25) is 4.79 Å². The van der Waals surface area contributed by atoms with Gasteiger partial charge in [0.15, 0.2) is 0 Å². The standard InChI is InChI=1S/C31H40ClF3N6O3/c1-4-43-28-15-25-23(14-26(28)40-29(42)6-5-11-41(2)3)30(19(16-36)17-38-25)39-21-7-8-27(24(32)13-21)44-18-22-12-20(9-10-37-22)31(33,34)35/h7-8,13-15,19-20,22,30,37-39H,4-6,9-12,17-18H2,1-3H3,(H,40,42). The Kier molecular flexibility index (Phi) is 11.5. The summed E-state index contributed by atoms with van der Waals surface area (Å²) in [5.74, 6) is -1.03. The van der Waals surface area contributed by atoms with E-state index in [0.29, 0.717) is 53.9 Å². The van der Waals surface area contributed by atoms with Crippen LogP contribution >= 0.6 is 11.6 Å². The van der Waals surface area contributed by atoms with Gasteiger partial charge in [-0.25, -0.2) is 0 Å². The molecule has 0 saturated carbocycles. The van der Waals surface area contributed by atoms with Gasteiger partial charge < -0.3 is 35.6 Å². The first-order chi connectivity index (χ1) is 21.0. The molecule has 0 aliphatic carbocycles. The molecule has 0 spiro atoms. The number of alkyl halides is 3. The summed E-state index contributed by atoms with van der Waals surface area (Å²) in [6.07, 6.45) is -3.14. The third kappa shape index (κ3) is 8.83. The normalized spacial score (nSPS) is 21.5. The number of halogens is 4. The molecule has 2 aromatic carbocycles. The highest BCUT2D eigenvalue weighted by molar-refractivity contribution is 6.32. The maximum Gasteiger partial charge on any atom is 0.391 e. The van der Waals surface area contributed by atoms with Crippen LogP contribution in [-0.4, -0.2) is 70.0 Å². The van der Waals surface area contributed by atoms with Gasteiger partial charge in [0.25, 0.3) is 0 Å². The largest absolute Gasteiger partial charge is 0.492 e. The highest BCUT2D eigenvalue weighted by Crippen LogP contribution is 2.42. The van der Waals surface area contributed by atoms with Crippen LogP contribution in [0.5, 0.6) is 11.5 Å². The minimum absolute atomic E-state index is 0.0467. The van der Waals surface area contributed by atoms with Gasteiger partial charge in [0.05, 0.1) is 41.3 Å². The Labute approximate surface area is 261 Å². The number of rotatable bonds is 12. The van der Waals surface area contributed by atoms with E-state index in [1.807, 2.05) is 38.1 Å². The number of anilines is 3. The molecule has 1 amide bonds. The number of hydrogen-bond acceptors (Lipinski definition) is 8. The molecule has 0 radical (unpaired) electrons. The van der Waals surface area contributed by atoms with Crippen LogP contribution < -0.4 is 30.7 Å². The van der Waals surface area contributed by atoms with E-state index in [2.05, 4.69) is 27.3 Å². The predicted octanol–water partition coefficient (Wildman–Crippen LogP) is 6.05. The van der Waals surface area contributed by atoms with E-state index in [0.717, 1.165) is 17.8 Å². The molecule has 2 aromatic rings.